The van der Waals surface area contributed by atoms with E-state index < -0.39 is 0 Å². The molecule has 1 aromatic carbocycles. The average molecular weight is 397 g/mol. The predicted molar refractivity (Wildman–Crippen MR) is 112 cm³/mol. The number of rotatable bonds is 4. The van der Waals surface area contributed by atoms with Crippen LogP contribution in [0.1, 0.15) is 51.0 Å². The van der Waals surface area contributed by atoms with Gasteiger partial charge in [0.05, 0.1) is 12.5 Å². The van der Waals surface area contributed by atoms with E-state index in [1.807, 2.05) is 24.3 Å². The quantitative estimate of drug-likeness (QED) is 0.784. The zero-order chi connectivity index (χ0) is 20.4. The summed E-state index contributed by atoms with van der Waals surface area (Å²) in [5.74, 6) is 1.65. The van der Waals surface area contributed by atoms with E-state index in [0.29, 0.717) is 24.2 Å². The molecule has 0 saturated carbocycles. The number of hydrogen-bond acceptors (Lipinski definition) is 5. The lowest BCUT2D eigenvalue weighted by molar-refractivity contribution is -0.140. The van der Waals surface area contributed by atoms with Gasteiger partial charge in [0.2, 0.25) is 17.6 Å². The summed E-state index contributed by atoms with van der Waals surface area (Å²) in [6, 6.07) is 8.13. The van der Waals surface area contributed by atoms with Crippen molar-refractivity contribution in [3.8, 4) is 11.4 Å². The minimum atomic E-state index is 0.0807. The Morgan fingerprint density at radius 2 is 2.00 bits per heavy atom. The number of aryl methyl sites for hydroxylation is 1. The summed E-state index contributed by atoms with van der Waals surface area (Å²) in [5, 5.41) is 4.14. The summed E-state index contributed by atoms with van der Waals surface area (Å²) in [4.78, 5) is 22.1. The molecule has 1 atom stereocenters. The third-order valence-electron chi connectivity index (χ3n) is 6.20. The van der Waals surface area contributed by atoms with Crippen LogP contribution in [0, 0.1) is 18.3 Å². The fourth-order valence-electron chi connectivity index (χ4n) is 4.60. The number of carbonyl (C=O) groups excluding carboxylic acids is 1. The first-order chi connectivity index (χ1) is 13.9. The van der Waals surface area contributed by atoms with Gasteiger partial charge in [-0.15, -0.1) is 0 Å². The Morgan fingerprint density at radius 3 is 2.76 bits per heavy atom. The molecule has 2 saturated heterocycles. The number of hydrogen-bond donors (Lipinski definition) is 0. The van der Waals surface area contributed by atoms with Crippen LogP contribution in [0.15, 0.2) is 28.8 Å². The van der Waals surface area contributed by atoms with E-state index in [2.05, 4.69) is 40.7 Å². The van der Waals surface area contributed by atoms with Crippen LogP contribution in [0.25, 0.3) is 11.4 Å². The lowest BCUT2D eigenvalue weighted by Gasteiger charge is -2.41. The molecule has 2 aromatic rings. The highest BCUT2D eigenvalue weighted by Gasteiger charge is 2.34. The predicted octanol–water partition coefficient (Wildman–Crippen LogP) is 3.91. The molecule has 1 unspecified atom stereocenters. The number of amides is 1. The number of benzene rings is 1. The fraction of sp³-hybridized carbons (Fsp3) is 0.609. The molecule has 6 nitrogen and oxygen atoms in total. The van der Waals surface area contributed by atoms with E-state index in [1.165, 1.54) is 12.0 Å². The summed E-state index contributed by atoms with van der Waals surface area (Å²) in [6.07, 6.45) is 4.32. The maximum atomic E-state index is 13.1. The molecule has 0 N–H and O–H groups in total. The van der Waals surface area contributed by atoms with Gasteiger partial charge in [-0.3, -0.25) is 9.69 Å². The molecule has 0 spiro atoms. The van der Waals surface area contributed by atoms with Crippen molar-refractivity contribution < 1.29 is 9.32 Å². The van der Waals surface area contributed by atoms with Crippen LogP contribution < -0.4 is 0 Å². The van der Waals surface area contributed by atoms with Crippen molar-refractivity contribution in [2.75, 3.05) is 26.2 Å². The molecule has 0 aliphatic carbocycles. The summed E-state index contributed by atoms with van der Waals surface area (Å²) >= 11 is 0. The monoisotopic (exact) mass is 396 g/mol. The molecule has 1 aromatic heterocycles. The number of piperidine rings is 2. The molecule has 1 amide bonds. The van der Waals surface area contributed by atoms with Crippen LogP contribution in [0.3, 0.4) is 0 Å². The van der Waals surface area contributed by atoms with Gasteiger partial charge in [0.1, 0.15) is 0 Å². The summed E-state index contributed by atoms with van der Waals surface area (Å²) < 4.78 is 5.49. The number of likely N-dealkylation sites (tertiary alicyclic amines) is 2. The zero-order valence-electron chi connectivity index (χ0n) is 17.9. The van der Waals surface area contributed by atoms with Crippen LogP contribution in [-0.2, 0) is 11.3 Å². The van der Waals surface area contributed by atoms with Gasteiger partial charge >= 0.3 is 0 Å². The molecule has 2 aliphatic heterocycles. The molecular formula is C23H32N4O2. The lowest BCUT2D eigenvalue weighted by atomic mass is 9.83. The molecule has 6 heteroatoms. The normalized spacial score (nSPS) is 22.6. The second kappa shape index (κ2) is 8.27. The van der Waals surface area contributed by atoms with E-state index in [0.717, 1.165) is 51.0 Å². The number of aromatic nitrogens is 2. The van der Waals surface area contributed by atoms with Crippen molar-refractivity contribution >= 4 is 5.91 Å². The van der Waals surface area contributed by atoms with Crippen molar-refractivity contribution in [3.63, 3.8) is 0 Å². The first-order valence-electron chi connectivity index (χ1n) is 10.8. The molecule has 0 radical (unpaired) electrons. The van der Waals surface area contributed by atoms with Crippen LogP contribution in [-0.4, -0.2) is 52.0 Å². The van der Waals surface area contributed by atoms with Crippen LogP contribution in [0.5, 0.6) is 0 Å². The second-order valence-corrected chi connectivity index (χ2v) is 9.48. The second-order valence-electron chi connectivity index (χ2n) is 9.48. The van der Waals surface area contributed by atoms with Crippen molar-refractivity contribution in [1.29, 1.82) is 0 Å². The average Bonchev–Trinajstić information content (AvgIpc) is 3.16. The highest BCUT2D eigenvalue weighted by Crippen LogP contribution is 2.30. The first-order valence-corrected chi connectivity index (χ1v) is 10.8. The Hall–Kier alpha value is -2.21. The molecule has 4 rings (SSSR count). The van der Waals surface area contributed by atoms with Crippen molar-refractivity contribution in [2.24, 2.45) is 11.3 Å². The van der Waals surface area contributed by atoms with E-state index in [4.69, 9.17) is 4.52 Å². The Balaban J connectivity index is 1.36. The molecule has 3 heterocycles. The van der Waals surface area contributed by atoms with Crippen molar-refractivity contribution in [1.82, 2.24) is 19.9 Å². The Kier molecular flexibility index (Phi) is 5.72. The smallest absolute Gasteiger partial charge is 0.241 e. The lowest BCUT2D eigenvalue weighted by Crippen LogP contribution is -2.49. The van der Waals surface area contributed by atoms with Gasteiger partial charge in [0.25, 0.3) is 0 Å². The topological polar surface area (TPSA) is 62.5 Å². The summed E-state index contributed by atoms with van der Waals surface area (Å²) in [7, 11) is 0. The molecule has 156 valence electrons. The van der Waals surface area contributed by atoms with Gasteiger partial charge in [0.15, 0.2) is 0 Å². The van der Waals surface area contributed by atoms with Crippen LogP contribution >= 0.6 is 0 Å². The van der Waals surface area contributed by atoms with Crippen molar-refractivity contribution in [3.05, 3.63) is 35.7 Å². The molecule has 2 fully saturated rings. The van der Waals surface area contributed by atoms with Gasteiger partial charge in [-0.25, -0.2) is 0 Å². The van der Waals surface area contributed by atoms with E-state index in [1.54, 1.807) is 0 Å². The highest BCUT2D eigenvalue weighted by atomic mass is 16.5. The molecule has 0 bridgehead atoms. The largest absolute Gasteiger partial charge is 0.342 e. The van der Waals surface area contributed by atoms with Gasteiger partial charge in [0, 0.05) is 25.2 Å². The Bertz CT molecular complexity index is 843. The first kappa shape index (κ1) is 20.1. The number of carbonyl (C=O) groups is 1. The van der Waals surface area contributed by atoms with Gasteiger partial charge in [-0.2, -0.15) is 4.98 Å². The molecule has 2 aliphatic rings. The SMILES string of the molecule is Cc1ccc(-c2noc(CN3CCCC(C(=O)N4CCCC(C)(C)C4)C3)n2)cc1. The summed E-state index contributed by atoms with van der Waals surface area (Å²) in [6.45, 7) is 10.7. The Labute approximate surface area is 173 Å². The third-order valence-corrected chi connectivity index (χ3v) is 6.20. The fourth-order valence-corrected chi connectivity index (χ4v) is 4.60. The zero-order valence-corrected chi connectivity index (χ0v) is 17.9. The maximum absolute atomic E-state index is 13.1. The van der Waals surface area contributed by atoms with Gasteiger partial charge in [-0.1, -0.05) is 48.8 Å². The van der Waals surface area contributed by atoms with E-state index >= 15 is 0 Å². The highest BCUT2D eigenvalue weighted by molar-refractivity contribution is 5.79. The summed E-state index contributed by atoms with van der Waals surface area (Å²) in [5.41, 5.74) is 2.40. The van der Waals surface area contributed by atoms with E-state index in [9.17, 15) is 4.79 Å². The molecule has 29 heavy (non-hydrogen) atoms. The maximum Gasteiger partial charge on any atom is 0.241 e. The Morgan fingerprint density at radius 1 is 1.21 bits per heavy atom. The molecular weight excluding hydrogens is 364 g/mol. The minimum Gasteiger partial charge on any atom is -0.342 e. The standard InChI is InChI=1S/C23H32N4O2/c1-17-7-9-18(10-8-17)21-24-20(29-25-21)15-26-12-4-6-19(14-26)22(28)27-13-5-11-23(2,3)16-27/h7-10,19H,4-6,11-16H2,1-3H3. The number of nitrogens with zero attached hydrogens (tertiary/aromatic N) is 4. The van der Waals surface area contributed by atoms with E-state index in [-0.39, 0.29) is 11.3 Å². The van der Waals surface area contributed by atoms with Gasteiger partial charge in [-0.05, 0) is 44.6 Å². The van der Waals surface area contributed by atoms with Crippen LogP contribution in [0.2, 0.25) is 0 Å². The minimum absolute atomic E-state index is 0.0807. The van der Waals surface area contributed by atoms with Crippen molar-refractivity contribution in [2.45, 2.75) is 53.0 Å². The van der Waals surface area contributed by atoms with Gasteiger partial charge < -0.3 is 9.42 Å². The van der Waals surface area contributed by atoms with Crippen LogP contribution in [0.4, 0.5) is 0 Å². The third kappa shape index (κ3) is 4.86.